The van der Waals surface area contributed by atoms with Crippen molar-refractivity contribution >= 4 is 21.6 Å². The van der Waals surface area contributed by atoms with Crippen molar-refractivity contribution in [2.75, 3.05) is 18.9 Å². The maximum Gasteiger partial charge on any atom is 0.136 e. The molecule has 0 amide bonds. The van der Waals surface area contributed by atoms with Crippen LogP contribution in [0.15, 0.2) is 22.7 Å². The van der Waals surface area contributed by atoms with Crippen molar-refractivity contribution in [3.8, 4) is 0 Å². The average Bonchev–Trinajstić information content (AvgIpc) is 1.98. The Hall–Kier alpha value is -0.580. The minimum Gasteiger partial charge on any atom is -0.399 e. The highest BCUT2D eigenvalue weighted by molar-refractivity contribution is 9.10. The molecule has 0 aliphatic carbocycles. The molecule has 0 aromatic heterocycles. The van der Waals surface area contributed by atoms with Crippen molar-refractivity contribution in [1.82, 2.24) is 0 Å². The molecule has 0 spiro atoms. The maximum atomic E-state index is 9.93. The Balaban J connectivity index is 2.39. The summed E-state index contributed by atoms with van der Waals surface area (Å²) in [5.74, 6) is 0. The monoisotopic (exact) mass is 243 g/mol. The van der Waals surface area contributed by atoms with Gasteiger partial charge in [-0.15, -0.1) is 0 Å². The minimum atomic E-state index is -0.835. The maximum absolute atomic E-state index is 9.93. The summed E-state index contributed by atoms with van der Waals surface area (Å²) in [6, 6.07) is 5.43. The van der Waals surface area contributed by atoms with E-state index >= 15 is 0 Å². The van der Waals surface area contributed by atoms with E-state index in [-0.39, 0.29) is 0 Å². The topological polar surface area (TPSA) is 55.5 Å². The van der Waals surface area contributed by atoms with E-state index < -0.39 is 5.60 Å². The first-order valence-corrected chi connectivity index (χ1v) is 4.76. The fourth-order valence-electron chi connectivity index (χ4n) is 1.34. The predicted molar refractivity (Wildman–Crippen MR) is 53.3 cm³/mol. The van der Waals surface area contributed by atoms with E-state index in [0.717, 1.165) is 10.0 Å². The normalized spacial score (nSPS) is 19.5. The summed E-state index contributed by atoms with van der Waals surface area (Å²) in [5.41, 5.74) is 6.27. The zero-order valence-corrected chi connectivity index (χ0v) is 8.54. The highest BCUT2D eigenvalue weighted by Gasteiger charge is 2.38. The van der Waals surface area contributed by atoms with Crippen LogP contribution in [0.5, 0.6) is 0 Å². The second-order valence-corrected chi connectivity index (χ2v) is 4.21. The Labute approximate surface area is 84.6 Å². The fraction of sp³-hybridized carbons (Fsp3) is 0.333. The molecule has 70 valence electrons. The van der Waals surface area contributed by atoms with E-state index in [4.69, 9.17) is 10.5 Å². The number of hydrogen-bond acceptors (Lipinski definition) is 3. The second kappa shape index (κ2) is 2.97. The quantitative estimate of drug-likeness (QED) is 0.731. The lowest BCUT2D eigenvalue weighted by Gasteiger charge is -2.36. The molecular formula is C9H10BrNO2. The molecule has 0 radical (unpaired) electrons. The van der Waals surface area contributed by atoms with Crippen molar-refractivity contribution < 1.29 is 9.84 Å². The van der Waals surface area contributed by atoms with Gasteiger partial charge in [-0.25, -0.2) is 0 Å². The SMILES string of the molecule is Nc1cc(Br)cc(C2(O)COC2)c1. The lowest BCUT2D eigenvalue weighted by atomic mass is 9.92. The van der Waals surface area contributed by atoms with Crippen LogP contribution in [0.1, 0.15) is 5.56 Å². The highest BCUT2D eigenvalue weighted by atomic mass is 79.9. The van der Waals surface area contributed by atoms with Gasteiger partial charge < -0.3 is 15.6 Å². The van der Waals surface area contributed by atoms with Crippen LogP contribution in [-0.4, -0.2) is 18.3 Å². The van der Waals surface area contributed by atoms with Gasteiger partial charge in [0.15, 0.2) is 0 Å². The predicted octanol–water partition coefficient (Wildman–Crippen LogP) is 1.25. The number of halogens is 1. The third-order valence-electron chi connectivity index (χ3n) is 2.14. The van der Waals surface area contributed by atoms with Crippen molar-refractivity contribution in [2.24, 2.45) is 0 Å². The molecule has 4 heteroatoms. The van der Waals surface area contributed by atoms with E-state index in [0.29, 0.717) is 18.9 Å². The molecule has 1 aliphatic heterocycles. The van der Waals surface area contributed by atoms with Gasteiger partial charge in [0.2, 0.25) is 0 Å². The minimum absolute atomic E-state index is 0.350. The summed E-state index contributed by atoms with van der Waals surface area (Å²) in [4.78, 5) is 0. The number of anilines is 1. The molecule has 3 N–H and O–H groups in total. The van der Waals surface area contributed by atoms with Crippen molar-refractivity contribution in [1.29, 1.82) is 0 Å². The Morgan fingerprint density at radius 1 is 1.38 bits per heavy atom. The van der Waals surface area contributed by atoms with E-state index in [2.05, 4.69) is 15.9 Å². The molecule has 1 heterocycles. The Morgan fingerprint density at radius 2 is 2.08 bits per heavy atom. The van der Waals surface area contributed by atoms with Crippen LogP contribution in [0, 0.1) is 0 Å². The Morgan fingerprint density at radius 3 is 2.54 bits per heavy atom. The summed E-state index contributed by atoms with van der Waals surface area (Å²) in [7, 11) is 0. The van der Waals surface area contributed by atoms with Gasteiger partial charge in [-0.05, 0) is 23.8 Å². The first-order valence-electron chi connectivity index (χ1n) is 3.97. The van der Waals surface area contributed by atoms with Gasteiger partial charge in [-0.3, -0.25) is 0 Å². The zero-order chi connectivity index (χ0) is 9.47. The molecule has 0 unspecified atom stereocenters. The molecule has 2 rings (SSSR count). The molecule has 13 heavy (non-hydrogen) atoms. The average molecular weight is 244 g/mol. The summed E-state index contributed by atoms with van der Waals surface area (Å²) >= 11 is 3.33. The Bertz CT molecular complexity index is 316. The van der Waals surface area contributed by atoms with Crippen LogP contribution in [0.2, 0.25) is 0 Å². The highest BCUT2D eigenvalue weighted by Crippen LogP contribution is 2.32. The zero-order valence-electron chi connectivity index (χ0n) is 6.96. The number of aliphatic hydroxyl groups is 1. The van der Waals surface area contributed by atoms with Gasteiger partial charge in [-0.1, -0.05) is 15.9 Å². The largest absolute Gasteiger partial charge is 0.399 e. The van der Waals surface area contributed by atoms with E-state index in [1.807, 2.05) is 6.07 Å². The second-order valence-electron chi connectivity index (χ2n) is 3.30. The van der Waals surface area contributed by atoms with Crippen molar-refractivity contribution in [3.05, 3.63) is 28.2 Å². The van der Waals surface area contributed by atoms with Gasteiger partial charge in [0.25, 0.3) is 0 Å². The third-order valence-corrected chi connectivity index (χ3v) is 2.60. The van der Waals surface area contributed by atoms with Crippen LogP contribution < -0.4 is 5.73 Å². The van der Waals surface area contributed by atoms with Gasteiger partial charge in [-0.2, -0.15) is 0 Å². The van der Waals surface area contributed by atoms with E-state index in [9.17, 15) is 5.11 Å². The summed E-state index contributed by atoms with van der Waals surface area (Å²) in [5, 5.41) is 9.93. The summed E-state index contributed by atoms with van der Waals surface area (Å²) in [6.45, 7) is 0.700. The number of rotatable bonds is 1. The lowest BCUT2D eigenvalue weighted by molar-refractivity contribution is -0.184. The van der Waals surface area contributed by atoms with Gasteiger partial charge in [0.1, 0.15) is 5.60 Å². The van der Waals surface area contributed by atoms with Gasteiger partial charge >= 0.3 is 0 Å². The molecular weight excluding hydrogens is 234 g/mol. The first kappa shape index (κ1) is 8.99. The van der Waals surface area contributed by atoms with Crippen LogP contribution >= 0.6 is 15.9 Å². The van der Waals surface area contributed by atoms with Crippen LogP contribution in [-0.2, 0) is 10.3 Å². The number of nitrogen functional groups attached to an aromatic ring is 1. The summed E-state index contributed by atoms with van der Waals surface area (Å²) < 4.78 is 5.84. The summed E-state index contributed by atoms with van der Waals surface area (Å²) in [6.07, 6.45) is 0. The molecule has 1 aromatic rings. The number of benzene rings is 1. The number of ether oxygens (including phenoxy) is 1. The molecule has 1 saturated heterocycles. The van der Waals surface area contributed by atoms with E-state index in [1.54, 1.807) is 12.1 Å². The molecule has 0 saturated carbocycles. The van der Waals surface area contributed by atoms with Crippen molar-refractivity contribution in [2.45, 2.75) is 5.60 Å². The molecule has 1 aromatic carbocycles. The number of hydrogen-bond donors (Lipinski definition) is 2. The van der Waals surface area contributed by atoms with Gasteiger partial charge in [0, 0.05) is 10.2 Å². The lowest BCUT2D eigenvalue weighted by Crippen LogP contribution is -2.46. The third kappa shape index (κ3) is 1.57. The van der Waals surface area contributed by atoms with Crippen LogP contribution in [0.3, 0.4) is 0 Å². The number of nitrogens with two attached hydrogens (primary N) is 1. The first-order chi connectivity index (χ1) is 6.10. The van der Waals surface area contributed by atoms with Crippen LogP contribution in [0.25, 0.3) is 0 Å². The van der Waals surface area contributed by atoms with Gasteiger partial charge in [0.05, 0.1) is 13.2 Å². The van der Waals surface area contributed by atoms with Crippen molar-refractivity contribution in [3.63, 3.8) is 0 Å². The Kier molecular flexibility index (Phi) is 2.06. The van der Waals surface area contributed by atoms with E-state index in [1.165, 1.54) is 0 Å². The van der Waals surface area contributed by atoms with Crippen LogP contribution in [0.4, 0.5) is 5.69 Å². The molecule has 3 nitrogen and oxygen atoms in total. The molecule has 0 bridgehead atoms. The fourth-order valence-corrected chi connectivity index (χ4v) is 1.85. The molecule has 1 aliphatic rings. The standard InChI is InChI=1S/C9H10BrNO2/c10-7-1-6(2-8(11)3-7)9(12)4-13-5-9/h1-3,12H,4-5,11H2. The molecule has 1 fully saturated rings. The smallest absolute Gasteiger partial charge is 0.136 e. The molecule has 0 atom stereocenters.